The van der Waals surface area contributed by atoms with Crippen LogP contribution in [0.1, 0.15) is 5.56 Å². The molecule has 1 aliphatic rings. The molecule has 0 aliphatic carbocycles. The zero-order valence-electron chi connectivity index (χ0n) is 8.45. The molecule has 0 saturated heterocycles. The monoisotopic (exact) mass is 227 g/mol. The van der Waals surface area contributed by atoms with Crippen LogP contribution < -0.4 is 10.6 Å². The number of guanidine groups is 1. The van der Waals surface area contributed by atoms with Gasteiger partial charge in [0.15, 0.2) is 5.96 Å². The van der Waals surface area contributed by atoms with Gasteiger partial charge in [-0.25, -0.2) is 0 Å². The first-order valence-corrected chi connectivity index (χ1v) is 4.61. The predicted octanol–water partition coefficient (Wildman–Crippen LogP) is 1.49. The Balaban J connectivity index is 0.00000112. The molecule has 0 bridgehead atoms. The standard InChI is InChI=1S/C10H13N3O.ClH/c1-7-6-8(14)2-3-9(7)13-10-11-4-5-12-10;/h2-3,6,14H,4-5H2,1H3,(H2,11,12,13);1H. The van der Waals surface area contributed by atoms with E-state index in [2.05, 4.69) is 15.6 Å². The van der Waals surface area contributed by atoms with E-state index in [1.54, 1.807) is 12.1 Å². The summed E-state index contributed by atoms with van der Waals surface area (Å²) < 4.78 is 0. The minimum absolute atomic E-state index is 0. The van der Waals surface area contributed by atoms with E-state index < -0.39 is 0 Å². The number of benzene rings is 1. The van der Waals surface area contributed by atoms with Gasteiger partial charge in [-0.05, 0) is 30.7 Å². The van der Waals surface area contributed by atoms with Gasteiger partial charge in [0.05, 0.1) is 6.54 Å². The van der Waals surface area contributed by atoms with E-state index in [0.717, 1.165) is 30.3 Å². The second kappa shape index (κ2) is 4.89. The number of anilines is 1. The van der Waals surface area contributed by atoms with Crippen LogP contribution in [-0.2, 0) is 0 Å². The maximum atomic E-state index is 9.22. The van der Waals surface area contributed by atoms with Crippen LogP contribution in [0.25, 0.3) is 0 Å². The quantitative estimate of drug-likeness (QED) is 0.638. The average Bonchev–Trinajstić information content (AvgIpc) is 2.62. The number of rotatable bonds is 1. The number of halogens is 1. The fourth-order valence-corrected chi connectivity index (χ4v) is 1.40. The smallest absolute Gasteiger partial charge is 0.195 e. The summed E-state index contributed by atoms with van der Waals surface area (Å²) >= 11 is 0. The van der Waals surface area contributed by atoms with Gasteiger partial charge in [-0.2, -0.15) is 0 Å². The number of nitrogens with one attached hydrogen (secondary N) is 2. The summed E-state index contributed by atoms with van der Waals surface area (Å²) in [5.41, 5.74) is 1.97. The molecule has 82 valence electrons. The van der Waals surface area contributed by atoms with Gasteiger partial charge in [-0.3, -0.25) is 4.99 Å². The Labute approximate surface area is 94.8 Å². The van der Waals surface area contributed by atoms with Gasteiger partial charge in [-0.15, -0.1) is 12.4 Å². The fraction of sp³-hybridized carbons (Fsp3) is 0.300. The van der Waals surface area contributed by atoms with Crippen LogP contribution in [0.5, 0.6) is 5.75 Å². The lowest BCUT2D eigenvalue weighted by Gasteiger charge is -2.09. The highest BCUT2D eigenvalue weighted by atomic mass is 35.5. The first-order valence-electron chi connectivity index (χ1n) is 4.61. The summed E-state index contributed by atoms with van der Waals surface area (Å²) in [4.78, 5) is 4.23. The van der Waals surface area contributed by atoms with Gasteiger partial charge in [0, 0.05) is 12.2 Å². The Morgan fingerprint density at radius 3 is 2.87 bits per heavy atom. The summed E-state index contributed by atoms with van der Waals surface area (Å²) in [6, 6.07) is 5.22. The Morgan fingerprint density at radius 1 is 1.47 bits per heavy atom. The molecule has 1 aromatic rings. The molecule has 3 N–H and O–H groups in total. The van der Waals surface area contributed by atoms with Crippen molar-refractivity contribution in [2.45, 2.75) is 6.92 Å². The molecule has 4 nitrogen and oxygen atoms in total. The molecule has 0 atom stereocenters. The Morgan fingerprint density at radius 2 is 2.27 bits per heavy atom. The summed E-state index contributed by atoms with van der Waals surface area (Å²) in [6.45, 7) is 3.65. The van der Waals surface area contributed by atoms with Crippen molar-refractivity contribution in [3.63, 3.8) is 0 Å². The van der Waals surface area contributed by atoms with Crippen molar-refractivity contribution in [3.05, 3.63) is 23.8 Å². The van der Waals surface area contributed by atoms with Crippen LogP contribution >= 0.6 is 12.4 Å². The van der Waals surface area contributed by atoms with Gasteiger partial charge in [0.25, 0.3) is 0 Å². The summed E-state index contributed by atoms with van der Waals surface area (Å²) in [6.07, 6.45) is 0. The highest BCUT2D eigenvalue weighted by Gasteiger charge is 2.06. The molecule has 15 heavy (non-hydrogen) atoms. The third-order valence-corrected chi connectivity index (χ3v) is 2.14. The topological polar surface area (TPSA) is 56.6 Å². The van der Waals surface area contributed by atoms with E-state index in [0.29, 0.717) is 0 Å². The summed E-state index contributed by atoms with van der Waals surface area (Å²) in [7, 11) is 0. The highest BCUT2D eigenvalue weighted by molar-refractivity contribution is 5.95. The number of hydrogen-bond acceptors (Lipinski definition) is 4. The van der Waals surface area contributed by atoms with Gasteiger partial charge in [-0.1, -0.05) is 0 Å². The number of aromatic hydroxyl groups is 1. The largest absolute Gasteiger partial charge is 0.508 e. The molecule has 0 amide bonds. The maximum Gasteiger partial charge on any atom is 0.195 e. The predicted molar refractivity (Wildman–Crippen MR) is 64.0 cm³/mol. The van der Waals surface area contributed by atoms with Crippen LogP contribution in [0.3, 0.4) is 0 Å². The molecule has 1 heterocycles. The third-order valence-electron chi connectivity index (χ3n) is 2.14. The molecular weight excluding hydrogens is 214 g/mol. The number of aliphatic imine (C=N–C) groups is 1. The van der Waals surface area contributed by atoms with Gasteiger partial charge in [0.1, 0.15) is 5.75 Å². The van der Waals surface area contributed by atoms with E-state index in [1.807, 2.05) is 13.0 Å². The van der Waals surface area contributed by atoms with Gasteiger partial charge < -0.3 is 15.7 Å². The number of hydrogen-bond donors (Lipinski definition) is 3. The van der Waals surface area contributed by atoms with Gasteiger partial charge >= 0.3 is 0 Å². The van der Waals surface area contributed by atoms with Crippen LogP contribution in [0.15, 0.2) is 23.2 Å². The maximum absolute atomic E-state index is 9.22. The van der Waals surface area contributed by atoms with Crippen molar-refractivity contribution in [1.82, 2.24) is 5.32 Å². The first kappa shape index (κ1) is 11.7. The SMILES string of the molecule is Cc1cc(O)ccc1NC1=NCCN1.Cl. The summed E-state index contributed by atoms with van der Waals surface area (Å²) in [5, 5.41) is 15.5. The van der Waals surface area contributed by atoms with Gasteiger partial charge in [0.2, 0.25) is 0 Å². The molecule has 0 spiro atoms. The minimum atomic E-state index is 0. The van der Waals surface area contributed by atoms with Crippen molar-refractivity contribution >= 4 is 24.1 Å². The van der Waals surface area contributed by atoms with Crippen LogP contribution in [0.4, 0.5) is 5.69 Å². The zero-order valence-corrected chi connectivity index (χ0v) is 9.27. The number of phenols is 1. The zero-order chi connectivity index (χ0) is 9.97. The van der Waals surface area contributed by atoms with E-state index in [4.69, 9.17) is 0 Å². The number of phenolic OH excluding ortho intramolecular Hbond substituents is 1. The van der Waals surface area contributed by atoms with Crippen LogP contribution in [0, 0.1) is 6.92 Å². The molecular formula is C10H14ClN3O. The van der Waals surface area contributed by atoms with E-state index >= 15 is 0 Å². The average molecular weight is 228 g/mol. The van der Waals surface area contributed by atoms with E-state index in [1.165, 1.54) is 0 Å². The molecule has 0 unspecified atom stereocenters. The first-order chi connectivity index (χ1) is 6.75. The normalized spacial score (nSPS) is 13.8. The molecule has 2 rings (SSSR count). The second-order valence-corrected chi connectivity index (χ2v) is 3.28. The van der Waals surface area contributed by atoms with Crippen molar-refractivity contribution in [1.29, 1.82) is 0 Å². The van der Waals surface area contributed by atoms with Crippen molar-refractivity contribution in [2.24, 2.45) is 4.99 Å². The Hall–Kier alpha value is -1.42. The molecule has 1 aromatic carbocycles. The third kappa shape index (κ3) is 2.76. The molecule has 0 saturated carbocycles. The fourth-order valence-electron chi connectivity index (χ4n) is 1.40. The molecule has 0 fully saturated rings. The second-order valence-electron chi connectivity index (χ2n) is 3.28. The lowest BCUT2D eigenvalue weighted by molar-refractivity contribution is 0.475. The lowest BCUT2D eigenvalue weighted by atomic mass is 10.2. The van der Waals surface area contributed by atoms with Crippen LogP contribution in [0.2, 0.25) is 0 Å². The van der Waals surface area contributed by atoms with E-state index in [-0.39, 0.29) is 18.2 Å². The minimum Gasteiger partial charge on any atom is -0.508 e. The summed E-state index contributed by atoms with van der Waals surface area (Å²) in [5.74, 6) is 1.09. The highest BCUT2D eigenvalue weighted by Crippen LogP contribution is 2.19. The molecule has 5 heteroatoms. The van der Waals surface area contributed by atoms with Crippen LogP contribution in [-0.4, -0.2) is 24.2 Å². The Bertz CT molecular complexity index is 379. The molecule has 1 aliphatic heterocycles. The molecule has 0 radical (unpaired) electrons. The Kier molecular flexibility index (Phi) is 3.80. The van der Waals surface area contributed by atoms with Crippen molar-refractivity contribution in [2.75, 3.05) is 18.4 Å². The number of nitrogens with zero attached hydrogens (tertiary/aromatic N) is 1. The molecule has 0 aromatic heterocycles. The lowest BCUT2D eigenvalue weighted by Crippen LogP contribution is -2.26. The van der Waals surface area contributed by atoms with Crippen molar-refractivity contribution < 1.29 is 5.11 Å². The van der Waals surface area contributed by atoms with Crippen molar-refractivity contribution in [3.8, 4) is 5.75 Å². The number of aryl methyl sites for hydroxylation is 1. The van der Waals surface area contributed by atoms with E-state index in [9.17, 15) is 5.11 Å².